The Balaban J connectivity index is 1.44. The summed E-state index contributed by atoms with van der Waals surface area (Å²) in [4.78, 5) is 12.1. The van der Waals surface area contributed by atoms with Crippen molar-refractivity contribution in [1.29, 1.82) is 0 Å². The zero-order valence-electron chi connectivity index (χ0n) is 19.3. The van der Waals surface area contributed by atoms with Crippen molar-refractivity contribution in [3.05, 3.63) is 82.4 Å². The highest BCUT2D eigenvalue weighted by Gasteiger charge is 2.54. The lowest BCUT2D eigenvalue weighted by molar-refractivity contribution is -0.0462. The summed E-state index contributed by atoms with van der Waals surface area (Å²) in [5, 5.41) is 16.4. The molecule has 0 spiro atoms. The van der Waals surface area contributed by atoms with Gasteiger partial charge in [-0.15, -0.1) is 0 Å². The smallest absolute Gasteiger partial charge is 0.252 e. The van der Waals surface area contributed by atoms with Gasteiger partial charge in [0.25, 0.3) is 5.91 Å². The molecule has 3 N–H and O–H groups in total. The lowest BCUT2D eigenvalue weighted by Gasteiger charge is -2.42. The van der Waals surface area contributed by atoms with Crippen LogP contribution in [0.4, 0.5) is 4.39 Å². The molecule has 0 saturated heterocycles. The lowest BCUT2D eigenvalue weighted by Crippen LogP contribution is -2.45. The number of fused-ring (bicyclic) bond motifs is 2. The van der Waals surface area contributed by atoms with Gasteiger partial charge in [-0.25, -0.2) is 9.07 Å². The molecule has 3 aromatic rings. The Morgan fingerprint density at radius 2 is 2.03 bits per heavy atom. The van der Waals surface area contributed by atoms with Gasteiger partial charge in [0.15, 0.2) is 0 Å². The maximum atomic E-state index is 13.4. The molecule has 1 amide bonds. The van der Waals surface area contributed by atoms with Crippen LogP contribution in [0.15, 0.2) is 54.2 Å². The van der Waals surface area contributed by atoms with Crippen molar-refractivity contribution in [2.45, 2.75) is 44.6 Å². The van der Waals surface area contributed by atoms with Crippen LogP contribution < -0.4 is 10.5 Å². The molecule has 0 radical (unpaired) electrons. The molecule has 1 heterocycles. The van der Waals surface area contributed by atoms with Crippen molar-refractivity contribution in [2.75, 3.05) is 7.11 Å². The van der Waals surface area contributed by atoms with Gasteiger partial charge in [0.1, 0.15) is 11.6 Å². The van der Waals surface area contributed by atoms with Gasteiger partial charge < -0.3 is 15.6 Å². The highest BCUT2D eigenvalue weighted by molar-refractivity contribution is 5.97. The molecule has 1 aromatic heterocycles. The van der Waals surface area contributed by atoms with E-state index in [1.165, 1.54) is 24.8 Å². The molecule has 34 heavy (non-hydrogen) atoms. The fourth-order valence-corrected chi connectivity index (χ4v) is 5.69. The number of aliphatic hydroxyl groups is 1. The third kappa shape index (κ3) is 3.42. The first kappa shape index (κ1) is 22.3. The number of carbonyl (C=O) groups is 1. The largest absolute Gasteiger partial charge is 0.496 e. The van der Waals surface area contributed by atoms with Crippen molar-refractivity contribution in [2.24, 2.45) is 11.1 Å². The second kappa shape index (κ2) is 8.09. The first-order valence-electron chi connectivity index (χ1n) is 11.5. The average Bonchev–Trinajstić information content (AvgIpc) is 3.34. The summed E-state index contributed by atoms with van der Waals surface area (Å²) in [5.74, 6) is -0.369. The normalized spacial score (nSPS) is 23.2. The van der Waals surface area contributed by atoms with Gasteiger partial charge in [-0.3, -0.25) is 4.79 Å². The number of methoxy groups -OCH3 is 1. The molecule has 2 aliphatic carbocycles. The highest BCUT2D eigenvalue weighted by atomic mass is 19.1. The molecular formula is C27H28FN3O3. The van der Waals surface area contributed by atoms with E-state index in [9.17, 15) is 14.3 Å². The van der Waals surface area contributed by atoms with E-state index < -0.39 is 16.9 Å². The number of nitrogens with two attached hydrogens (primary N) is 1. The summed E-state index contributed by atoms with van der Waals surface area (Å²) >= 11 is 0. The Labute approximate surface area is 197 Å². The zero-order valence-corrected chi connectivity index (χ0v) is 19.3. The Kier molecular flexibility index (Phi) is 5.32. The molecule has 1 saturated carbocycles. The lowest BCUT2D eigenvalue weighted by atomic mass is 9.65. The summed E-state index contributed by atoms with van der Waals surface area (Å²) < 4.78 is 20.5. The van der Waals surface area contributed by atoms with Crippen molar-refractivity contribution < 1.29 is 19.0 Å². The molecule has 0 aliphatic heterocycles. The summed E-state index contributed by atoms with van der Waals surface area (Å²) in [6.45, 7) is 2.12. The fraction of sp³-hybridized carbons (Fsp3) is 0.333. The molecule has 0 bridgehead atoms. The summed E-state index contributed by atoms with van der Waals surface area (Å²) in [6, 6.07) is 11.7. The second-order valence-corrected chi connectivity index (χ2v) is 9.51. The number of halogens is 1. The van der Waals surface area contributed by atoms with Gasteiger partial charge in [0.2, 0.25) is 0 Å². The number of aryl methyl sites for hydroxylation is 1. The molecule has 176 valence electrons. The van der Waals surface area contributed by atoms with E-state index in [0.29, 0.717) is 37.0 Å². The van der Waals surface area contributed by atoms with E-state index >= 15 is 0 Å². The van der Waals surface area contributed by atoms with Crippen LogP contribution in [0.5, 0.6) is 5.75 Å². The standard InChI is InChI=1S/C27H28FN3O3/c1-26-15-18-16-30-31(21-8-6-20(28)7-9-21)22(18)14-19(26)11-13-27(26,33)12-10-17-4-3-5-23(34-2)24(17)25(29)32/h3-9,14,16,33H,10-13,15H2,1-2H3,(H2,29,32)/t26-,27-/m0/s1. The molecule has 2 aromatic carbocycles. The van der Waals surface area contributed by atoms with Gasteiger partial charge in [0.05, 0.1) is 35.9 Å². The Morgan fingerprint density at radius 3 is 2.74 bits per heavy atom. The van der Waals surface area contributed by atoms with Crippen molar-refractivity contribution in [3.8, 4) is 11.4 Å². The Morgan fingerprint density at radius 1 is 1.26 bits per heavy atom. The molecule has 7 heteroatoms. The molecule has 0 unspecified atom stereocenters. The predicted octanol–water partition coefficient (Wildman–Crippen LogP) is 4.22. The van der Waals surface area contributed by atoms with Crippen LogP contribution in [-0.4, -0.2) is 33.5 Å². The maximum Gasteiger partial charge on any atom is 0.252 e. The number of amides is 1. The summed E-state index contributed by atoms with van der Waals surface area (Å²) in [5.41, 5.74) is 9.42. The number of primary amides is 1. The van der Waals surface area contributed by atoms with Gasteiger partial charge in [0, 0.05) is 5.41 Å². The van der Waals surface area contributed by atoms with Crippen LogP contribution in [-0.2, 0) is 12.8 Å². The number of hydrogen-bond acceptors (Lipinski definition) is 4. The molecule has 2 aliphatic rings. The first-order valence-corrected chi connectivity index (χ1v) is 11.5. The number of benzene rings is 2. The van der Waals surface area contributed by atoms with E-state index in [-0.39, 0.29) is 5.82 Å². The van der Waals surface area contributed by atoms with Crippen LogP contribution in [0.1, 0.15) is 53.4 Å². The first-order chi connectivity index (χ1) is 16.3. The third-order valence-electron chi connectivity index (χ3n) is 7.74. The average molecular weight is 462 g/mol. The van der Waals surface area contributed by atoms with E-state index in [2.05, 4.69) is 18.1 Å². The summed E-state index contributed by atoms with van der Waals surface area (Å²) in [6.07, 6.45) is 7.05. The minimum atomic E-state index is -0.938. The Hall–Kier alpha value is -3.45. The second-order valence-electron chi connectivity index (χ2n) is 9.51. The fourth-order valence-electron chi connectivity index (χ4n) is 5.69. The van der Waals surface area contributed by atoms with Crippen molar-refractivity contribution in [1.82, 2.24) is 9.78 Å². The van der Waals surface area contributed by atoms with E-state index in [1.807, 2.05) is 23.0 Å². The monoisotopic (exact) mass is 461 g/mol. The van der Waals surface area contributed by atoms with Crippen LogP contribution >= 0.6 is 0 Å². The van der Waals surface area contributed by atoms with Crippen molar-refractivity contribution in [3.63, 3.8) is 0 Å². The van der Waals surface area contributed by atoms with Crippen LogP contribution in [0.3, 0.4) is 0 Å². The number of ether oxygens (including phenoxy) is 1. The number of rotatable bonds is 6. The minimum Gasteiger partial charge on any atom is -0.496 e. The molecular weight excluding hydrogens is 433 g/mol. The minimum absolute atomic E-state index is 0.285. The van der Waals surface area contributed by atoms with E-state index in [1.54, 1.807) is 18.2 Å². The van der Waals surface area contributed by atoms with Gasteiger partial charge in [-0.1, -0.05) is 24.6 Å². The number of nitrogens with zero attached hydrogens (tertiary/aromatic N) is 2. The quantitative estimate of drug-likeness (QED) is 0.575. The molecule has 1 fully saturated rings. The van der Waals surface area contributed by atoms with Crippen molar-refractivity contribution >= 4 is 12.0 Å². The SMILES string of the molecule is COc1cccc(CC[C@]2(O)CCC3=Cc4c(cnn4-c4ccc(F)cc4)C[C@@]32C)c1C(N)=O. The number of hydrogen-bond donors (Lipinski definition) is 2. The molecule has 6 nitrogen and oxygen atoms in total. The van der Waals surface area contributed by atoms with Crippen LogP contribution in [0.25, 0.3) is 11.8 Å². The Bertz CT molecular complexity index is 1300. The third-order valence-corrected chi connectivity index (χ3v) is 7.74. The zero-order chi connectivity index (χ0) is 24.1. The van der Waals surface area contributed by atoms with E-state index in [0.717, 1.165) is 28.9 Å². The molecule has 5 rings (SSSR count). The van der Waals surface area contributed by atoms with E-state index in [4.69, 9.17) is 10.5 Å². The topological polar surface area (TPSA) is 90.4 Å². The summed E-state index contributed by atoms with van der Waals surface area (Å²) in [7, 11) is 1.51. The van der Waals surface area contributed by atoms with Crippen LogP contribution in [0, 0.1) is 11.2 Å². The van der Waals surface area contributed by atoms with Gasteiger partial charge in [-0.05, 0) is 79.6 Å². The maximum absolute atomic E-state index is 13.4. The highest BCUT2D eigenvalue weighted by Crippen LogP contribution is 2.57. The molecule has 2 atom stereocenters. The van der Waals surface area contributed by atoms with Gasteiger partial charge in [-0.2, -0.15) is 5.10 Å². The number of carbonyl (C=O) groups excluding carboxylic acids is 1. The van der Waals surface area contributed by atoms with Gasteiger partial charge >= 0.3 is 0 Å². The predicted molar refractivity (Wildman–Crippen MR) is 127 cm³/mol. The van der Waals surface area contributed by atoms with Crippen LogP contribution in [0.2, 0.25) is 0 Å². The number of aromatic nitrogens is 2.